The van der Waals surface area contributed by atoms with Gasteiger partial charge in [0.15, 0.2) is 0 Å². The highest BCUT2D eigenvalue weighted by Gasteiger charge is 2.30. The summed E-state index contributed by atoms with van der Waals surface area (Å²) in [5, 5.41) is 20.0. The van der Waals surface area contributed by atoms with Crippen LogP contribution in [0, 0.1) is 15.5 Å². The number of nitrogens with zero attached hydrogens (tertiary/aromatic N) is 3. The second-order valence-electron chi connectivity index (χ2n) is 5.78. The van der Waals surface area contributed by atoms with Gasteiger partial charge in [-0.15, -0.1) is 0 Å². The molecular weight excluding hydrogens is 262 g/mol. The van der Waals surface area contributed by atoms with Gasteiger partial charge in [-0.25, -0.2) is 9.78 Å². The van der Waals surface area contributed by atoms with Gasteiger partial charge in [0.25, 0.3) is 0 Å². The summed E-state index contributed by atoms with van der Waals surface area (Å²) in [6, 6.07) is 1.07. The number of aromatic carboxylic acids is 1. The number of aromatic nitrogens is 1. The maximum atomic E-state index is 11.1. The minimum absolute atomic E-state index is 0.169. The molecule has 0 atom stereocenters. The first-order chi connectivity index (χ1) is 9.30. The summed E-state index contributed by atoms with van der Waals surface area (Å²) in [7, 11) is 0. The van der Waals surface area contributed by atoms with Crippen LogP contribution in [-0.2, 0) is 0 Å². The lowest BCUT2D eigenvalue weighted by molar-refractivity contribution is -0.384. The lowest BCUT2D eigenvalue weighted by Gasteiger charge is -2.37. The van der Waals surface area contributed by atoms with E-state index in [4.69, 9.17) is 5.11 Å². The zero-order valence-corrected chi connectivity index (χ0v) is 11.5. The number of hydrogen-bond donors (Lipinski definition) is 1. The van der Waals surface area contributed by atoms with E-state index in [9.17, 15) is 14.9 Å². The summed E-state index contributed by atoms with van der Waals surface area (Å²) < 4.78 is 0. The van der Waals surface area contributed by atoms with Crippen molar-refractivity contribution in [2.75, 3.05) is 18.0 Å². The van der Waals surface area contributed by atoms with Crippen LogP contribution in [0.25, 0.3) is 0 Å². The first kappa shape index (κ1) is 14.2. The molecule has 20 heavy (non-hydrogen) atoms. The second kappa shape index (κ2) is 5.07. The van der Waals surface area contributed by atoms with Crippen LogP contribution >= 0.6 is 0 Å². The number of nitro groups is 1. The van der Waals surface area contributed by atoms with E-state index in [0.29, 0.717) is 13.1 Å². The molecule has 0 aliphatic carbocycles. The van der Waals surface area contributed by atoms with Crippen molar-refractivity contribution in [1.29, 1.82) is 0 Å². The Morgan fingerprint density at radius 2 is 2.05 bits per heavy atom. The Kier molecular flexibility index (Phi) is 3.61. The molecular formula is C13H17N3O4. The molecule has 2 heterocycles. The van der Waals surface area contributed by atoms with Crippen molar-refractivity contribution >= 4 is 17.5 Å². The number of rotatable bonds is 3. The van der Waals surface area contributed by atoms with E-state index in [-0.39, 0.29) is 22.5 Å². The summed E-state index contributed by atoms with van der Waals surface area (Å²) in [4.78, 5) is 27.3. The molecule has 0 amide bonds. The lowest BCUT2D eigenvalue weighted by Crippen LogP contribution is -2.38. The van der Waals surface area contributed by atoms with Crippen molar-refractivity contribution in [3.8, 4) is 0 Å². The topological polar surface area (TPSA) is 96.6 Å². The molecule has 2 rings (SSSR count). The van der Waals surface area contributed by atoms with E-state index in [1.165, 1.54) is 6.20 Å². The predicted octanol–water partition coefficient (Wildman–Crippen LogP) is 2.31. The molecule has 108 valence electrons. The van der Waals surface area contributed by atoms with Gasteiger partial charge in [-0.1, -0.05) is 13.8 Å². The number of pyridine rings is 1. The van der Waals surface area contributed by atoms with Crippen molar-refractivity contribution in [2.45, 2.75) is 26.7 Å². The van der Waals surface area contributed by atoms with Gasteiger partial charge < -0.3 is 10.0 Å². The fraction of sp³-hybridized carbons (Fsp3) is 0.538. The van der Waals surface area contributed by atoms with Gasteiger partial charge in [0.1, 0.15) is 0 Å². The van der Waals surface area contributed by atoms with E-state index in [1.807, 2.05) is 4.90 Å². The summed E-state index contributed by atoms with van der Waals surface area (Å²) in [6.45, 7) is 5.71. The average molecular weight is 279 g/mol. The van der Waals surface area contributed by atoms with Gasteiger partial charge in [-0.3, -0.25) is 10.1 Å². The van der Waals surface area contributed by atoms with Gasteiger partial charge in [-0.05, 0) is 18.3 Å². The molecule has 1 saturated heterocycles. The normalized spacial score (nSPS) is 17.8. The number of anilines is 1. The van der Waals surface area contributed by atoms with Crippen LogP contribution in [0.15, 0.2) is 12.3 Å². The third kappa shape index (κ3) is 2.87. The Morgan fingerprint density at radius 1 is 1.45 bits per heavy atom. The number of carboxylic acids is 1. The third-order valence-electron chi connectivity index (χ3n) is 3.71. The Labute approximate surface area is 116 Å². The van der Waals surface area contributed by atoms with Crippen molar-refractivity contribution in [3.63, 3.8) is 0 Å². The van der Waals surface area contributed by atoms with Crippen molar-refractivity contribution in [2.24, 2.45) is 5.41 Å². The summed E-state index contributed by atoms with van der Waals surface area (Å²) in [5.41, 5.74) is -0.186. The van der Waals surface area contributed by atoms with Crippen molar-refractivity contribution < 1.29 is 14.8 Å². The fourth-order valence-electron chi connectivity index (χ4n) is 2.26. The van der Waals surface area contributed by atoms with E-state index in [2.05, 4.69) is 18.8 Å². The smallest absolute Gasteiger partial charge is 0.337 e. The summed E-state index contributed by atoms with van der Waals surface area (Å²) in [5.74, 6) is -0.956. The van der Waals surface area contributed by atoms with Crippen LogP contribution in [0.2, 0.25) is 0 Å². The highest BCUT2D eigenvalue weighted by atomic mass is 16.6. The zero-order chi connectivity index (χ0) is 14.9. The summed E-state index contributed by atoms with van der Waals surface area (Å²) >= 11 is 0. The maximum absolute atomic E-state index is 11.1. The molecule has 0 aromatic carbocycles. The summed E-state index contributed by atoms with van der Waals surface area (Å²) in [6.07, 6.45) is 3.02. The number of carbonyl (C=O) groups is 1. The molecule has 0 saturated carbocycles. The molecule has 7 heteroatoms. The molecule has 1 aliphatic heterocycles. The third-order valence-corrected chi connectivity index (χ3v) is 3.71. The monoisotopic (exact) mass is 279 g/mol. The quantitative estimate of drug-likeness (QED) is 0.673. The van der Waals surface area contributed by atoms with Gasteiger partial charge in [-0.2, -0.15) is 0 Å². The minimum Gasteiger partial charge on any atom is -0.478 e. The minimum atomic E-state index is -1.22. The van der Waals surface area contributed by atoms with Gasteiger partial charge in [0.2, 0.25) is 5.82 Å². The van der Waals surface area contributed by atoms with Crippen LogP contribution < -0.4 is 4.90 Å². The highest BCUT2D eigenvalue weighted by Crippen LogP contribution is 2.34. The van der Waals surface area contributed by atoms with Gasteiger partial charge in [0.05, 0.1) is 10.5 Å². The van der Waals surface area contributed by atoms with Crippen molar-refractivity contribution in [1.82, 2.24) is 4.98 Å². The molecule has 0 spiro atoms. The van der Waals surface area contributed by atoms with Gasteiger partial charge in [0, 0.05) is 25.4 Å². The van der Waals surface area contributed by atoms with E-state index < -0.39 is 10.9 Å². The largest absolute Gasteiger partial charge is 0.478 e. The molecule has 1 N–H and O–H groups in total. The maximum Gasteiger partial charge on any atom is 0.337 e. The molecule has 0 bridgehead atoms. The number of piperidine rings is 1. The molecule has 0 unspecified atom stereocenters. The highest BCUT2D eigenvalue weighted by molar-refractivity contribution is 5.88. The standard InChI is InChI=1S/C13H17N3O4/c1-13(2)3-5-15(6-4-13)11-10(16(19)20)7-9(8-14-11)12(17)18/h7-8H,3-6H2,1-2H3,(H,17,18). The molecule has 0 radical (unpaired) electrons. The predicted molar refractivity (Wildman–Crippen MR) is 73.1 cm³/mol. The Bertz CT molecular complexity index is 547. The van der Waals surface area contributed by atoms with Crippen LogP contribution in [0.3, 0.4) is 0 Å². The Hall–Kier alpha value is -2.18. The van der Waals surface area contributed by atoms with Crippen LogP contribution in [0.5, 0.6) is 0 Å². The van der Waals surface area contributed by atoms with Gasteiger partial charge >= 0.3 is 11.7 Å². The van der Waals surface area contributed by atoms with Crippen LogP contribution in [0.1, 0.15) is 37.0 Å². The fourth-order valence-corrected chi connectivity index (χ4v) is 2.26. The number of carboxylic acid groups (broad SMARTS) is 1. The van der Waals surface area contributed by atoms with Crippen LogP contribution in [0.4, 0.5) is 11.5 Å². The SMILES string of the molecule is CC1(C)CCN(c2ncc(C(=O)O)cc2[N+](=O)[O-])CC1. The molecule has 7 nitrogen and oxygen atoms in total. The Morgan fingerprint density at radius 3 is 2.55 bits per heavy atom. The molecule has 1 aromatic rings. The second-order valence-corrected chi connectivity index (χ2v) is 5.78. The molecule has 1 aromatic heterocycles. The van der Waals surface area contributed by atoms with Crippen LogP contribution in [-0.4, -0.2) is 34.1 Å². The number of hydrogen-bond acceptors (Lipinski definition) is 5. The first-order valence-electron chi connectivity index (χ1n) is 6.43. The van der Waals surface area contributed by atoms with E-state index in [0.717, 1.165) is 18.9 Å². The molecule has 1 fully saturated rings. The molecule has 1 aliphatic rings. The lowest BCUT2D eigenvalue weighted by atomic mass is 9.82. The van der Waals surface area contributed by atoms with E-state index in [1.54, 1.807) is 0 Å². The van der Waals surface area contributed by atoms with Crippen molar-refractivity contribution in [3.05, 3.63) is 27.9 Å². The zero-order valence-electron chi connectivity index (χ0n) is 11.5. The average Bonchev–Trinajstić information content (AvgIpc) is 2.38. The van der Waals surface area contributed by atoms with E-state index >= 15 is 0 Å². The first-order valence-corrected chi connectivity index (χ1v) is 6.43. The Balaban J connectivity index is 2.32.